The third-order valence-electron chi connectivity index (χ3n) is 3.84. The highest BCUT2D eigenvalue weighted by Crippen LogP contribution is 2.74. The Morgan fingerprint density at radius 1 is 0.583 bits per heavy atom. The van der Waals surface area contributed by atoms with Gasteiger partial charge in [-0.15, -0.1) is 8.46 Å². The minimum Gasteiger partial charge on any atom is -0.497 e. The first kappa shape index (κ1) is 16.9. The van der Waals surface area contributed by atoms with Crippen LogP contribution in [0.4, 0.5) is 0 Å². The minimum atomic E-state index is -1.52. The van der Waals surface area contributed by atoms with Crippen molar-refractivity contribution < 1.29 is 9.47 Å². The average molecular weight is 403 g/mol. The molecule has 0 spiro atoms. The van der Waals surface area contributed by atoms with Crippen molar-refractivity contribution in [3.63, 3.8) is 0 Å². The van der Waals surface area contributed by atoms with E-state index >= 15 is 0 Å². The van der Waals surface area contributed by atoms with Crippen molar-refractivity contribution >= 4 is 23.3 Å². The van der Waals surface area contributed by atoms with E-state index in [-0.39, 0.29) is 0 Å². The lowest BCUT2D eigenvalue weighted by Gasteiger charge is -2.35. The molecule has 0 unspecified atom stereocenters. The highest BCUT2D eigenvalue weighted by atomic mass is 79.9. The molecule has 2 nitrogen and oxygen atoms in total. The third-order valence-corrected chi connectivity index (χ3v) is 9.97. The van der Waals surface area contributed by atoms with Gasteiger partial charge in [-0.05, 0) is 75.5 Å². The highest BCUT2D eigenvalue weighted by molar-refractivity contribution is 9.58. The van der Waals surface area contributed by atoms with Gasteiger partial charge in [-0.2, -0.15) is 0 Å². The largest absolute Gasteiger partial charge is 0.497 e. The Morgan fingerprint density at radius 3 is 1.33 bits per heavy atom. The van der Waals surface area contributed by atoms with Crippen LogP contribution in [0.15, 0.2) is 93.5 Å². The van der Waals surface area contributed by atoms with E-state index < -0.39 is 8.46 Å². The molecule has 0 heterocycles. The van der Waals surface area contributed by atoms with Crippen molar-refractivity contribution in [2.24, 2.45) is 0 Å². The molecule has 0 amide bonds. The molecular formula is C20H19BrO2S. The van der Waals surface area contributed by atoms with E-state index in [0.29, 0.717) is 0 Å². The summed E-state index contributed by atoms with van der Waals surface area (Å²) in [5.74, 6) is 1.71. The number of rotatable bonds is 5. The zero-order valence-corrected chi connectivity index (χ0v) is 16.0. The Balaban J connectivity index is 2.16. The lowest BCUT2D eigenvalue weighted by atomic mass is 10.3. The third kappa shape index (κ3) is 3.17. The van der Waals surface area contributed by atoms with Gasteiger partial charge in [-0.25, -0.2) is 0 Å². The quantitative estimate of drug-likeness (QED) is 0.498. The van der Waals surface area contributed by atoms with Gasteiger partial charge in [0.2, 0.25) is 0 Å². The van der Waals surface area contributed by atoms with Gasteiger partial charge in [-0.1, -0.05) is 18.2 Å². The molecule has 124 valence electrons. The highest BCUT2D eigenvalue weighted by Gasteiger charge is 2.28. The van der Waals surface area contributed by atoms with Crippen LogP contribution in [0, 0.1) is 0 Å². The molecule has 3 rings (SSSR count). The Hall–Kier alpha value is -1.91. The number of halogens is 1. The monoisotopic (exact) mass is 402 g/mol. The number of hydrogen-bond donors (Lipinski definition) is 0. The molecule has 3 aromatic carbocycles. The van der Waals surface area contributed by atoms with E-state index in [1.807, 2.05) is 30.3 Å². The van der Waals surface area contributed by atoms with Crippen LogP contribution < -0.4 is 9.47 Å². The maximum atomic E-state index is 5.30. The second-order valence-electron chi connectivity index (χ2n) is 5.20. The lowest BCUT2D eigenvalue weighted by molar-refractivity contribution is 0.414. The first-order chi connectivity index (χ1) is 11.7. The second kappa shape index (κ2) is 7.32. The first-order valence-electron chi connectivity index (χ1n) is 7.54. The van der Waals surface area contributed by atoms with Crippen molar-refractivity contribution in [3.05, 3.63) is 78.9 Å². The van der Waals surface area contributed by atoms with Gasteiger partial charge < -0.3 is 9.47 Å². The molecule has 4 heteroatoms. The Kier molecular flexibility index (Phi) is 5.17. The Morgan fingerprint density at radius 2 is 0.958 bits per heavy atom. The molecule has 0 aliphatic carbocycles. The second-order valence-corrected chi connectivity index (χ2v) is 10.6. The van der Waals surface area contributed by atoms with Crippen molar-refractivity contribution in [2.45, 2.75) is 14.7 Å². The number of ether oxygens (including phenoxy) is 2. The topological polar surface area (TPSA) is 18.5 Å². The maximum Gasteiger partial charge on any atom is 0.118 e. The number of benzene rings is 3. The van der Waals surface area contributed by atoms with Crippen LogP contribution in [0.3, 0.4) is 0 Å². The molecule has 0 aromatic heterocycles. The molecule has 0 atom stereocenters. The standard InChI is InChI=1S/C20H19BrO2S/c1-22-16-8-12-19(13-9-16)24(21,18-6-4-3-5-7-18)20-14-10-17(23-2)11-15-20/h3-15H,1-2H3. The molecule has 0 radical (unpaired) electrons. The van der Waals surface area contributed by atoms with Gasteiger partial charge in [-0.3, -0.25) is 0 Å². The van der Waals surface area contributed by atoms with Crippen LogP contribution in [0.5, 0.6) is 11.5 Å². The molecule has 0 fully saturated rings. The summed E-state index contributed by atoms with van der Waals surface area (Å²) in [4.78, 5) is 3.69. The van der Waals surface area contributed by atoms with Gasteiger partial charge in [0.25, 0.3) is 0 Å². The molecule has 0 saturated carbocycles. The van der Waals surface area contributed by atoms with Gasteiger partial charge >= 0.3 is 0 Å². The van der Waals surface area contributed by atoms with Crippen LogP contribution in [0.2, 0.25) is 0 Å². The van der Waals surface area contributed by atoms with Crippen LogP contribution >= 0.6 is 23.3 Å². The molecule has 0 aliphatic rings. The van der Waals surface area contributed by atoms with E-state index in [2.05, 4.69) is 63.3 Å². The van der Waals surface area contributed by atoms with Crippen LogP contribution in [0.25, 0.3) is 0 Å². The summed E-state index contributed by atoms with van der Waals surface area (Å²) in [6.07, 6.45) is 0. The summed E-state index contributed by atoms with van der Waals surface area (Å²) in [5, 5.41) is 0. The van der Waals surface area contributed by atoms with Gasteiger partial charge in [0.15, 0.2) is 0 Å². The summed E-state index contributed by atoms with van der Waals surface area (Å²) < 4.78 is 10.6. The van der Waals surface area contributed by atoms with Gasteiger partial charge in [0.05, 0.1) is 14.2 Å². The van der Waals surface area contributed by atoms with Crippen molar-refractivity contribution in [1.82, 2.24) is 0 Å². The normalized spacial score (nSPS) is 11.8. The van der Waals surface area contributed by atoms with Crippen LogP contribution in [0.1, 0.15) is 0 Å². The smallest absolute Gasteiger partial charge is 0.118 e. The first-order valence-corrected chi connectivity index (χ1v) is 11.0. The maximum absolute atomic E-state index is 5.30. The van der Waals surface area contributed by atoms with E-state index in [9.17, 15) is 0 Å². The van der Waals surface area contributed by atoms with Gasteiger partial charge in [0.1, 0.15) is 11.5 Å². The summed E-state index contributed by atoms with van der Waals surface area (Å²) in [5.41, 5.74) is 0. The van der Waals surface area contributed by atoms with Crippen molar-refractivity contribution in [3.8, 4) is 11.5 Å². The number of hydrogen-bond acceptors (Lipinski definition) is 2. The van der Waals surface area contributed by atoms with Crippen molar-refractivity contribution in [2.75, 3.05) is 14.2 Å². The summed E-state index contributed by atoms with van der Waals surface area (Å²) in [6.45, 7) is 0. The fourth-order valence-corrected chi connectivity index (χ4v) is 6.86. The summed E-state index contributed by atoms with van der Waals surface area (Å²) >= 11 is 4.10. The zero-order valence-electron chi connectivity index (χ0n) is 13.6. The molecule has 0 saturated heterocycles. The molecule has 24 heavy (non-hydrogen) atoms. The lowest BCUT2D eigenvalue weighted by Crippen LogP contribution is -1.96. The van der Waals surface area contributed by atoms with Crippen LogP contribution in [-0.4, -0.2) is 14.2 Å². The average Bonchev–Trinajstić information content (AvgIpc) is 2.68. The molecule has 0 N–H and O–H groups in total. The summed E-state index contributed by atoms with van der Waals surface area (Å²) in [6, 6.07) is 27.0. The molecule has 0 bridgehead atoms. The minimum absolute atomic E-state index is 0.857. The van der Waals surface area contributed by atoms with E-state index in [1.54, 1.807) is 14.2 Å². The Bertz CT molecular complexity index is 739. The predicted molar refractivity (Wildman–Crippen MR) is 104 cm³/mol. The fourth-order valence-electron chi connectivity index (χ4n) is 2.54. The molecule has 3 aromatic rings. The predicted octanol–water partition coefficient (Wildman–Crippen LogP) is 6.30. The molecular weight excluding hydrogens is 384 g/mol. The molecule has 0 aliphatic heterocycles. The number of methoxy groups -OCH3 is 2. The van der Waals surface area contributed by atoms with Crippen molar-refractivity contribution in [1.29, 1.82) is 0 Å². The van der Waals surface area contributed by atoms with Gasteiger partial charge in [0, 0.05) is 14.7 Å². The van der Waals surface area contributed by atoms with Crippen LogP contribution in [-0.2, 0) is 0 Å². The van der Waals surface area contributed by atoms with E-state index in [4.69, 9.17) is 9.47 Å². The fraction of sp³-hybridized carbons (Fsp3) is 0.100. The summed E-state index contributed by atoms with van der Waals surface area (Å²) in [7, 11) is 1.85. The zero-order chi connectivity index (χ0) is 17.0. The Labute approximate surface area is 152 Å². The van der Waals surface area contributed by atoms with E-state index in [1.165, 1.54) is 14.7 Å². The van der Waals surface area contributed by atoms with E-state index in [0.717, 1.165) is 11.5 Å². The SMILES string of the molecule is COc1ccc(S(Br)(c2ccccc2)c2ccc(OC)cc2)cc1.